The predicted octanol–water partition coefficient (Wildman–Crippen LogP) is 2.12. The third-order valence-electron chi connectivity index (χ3n) is 5.92. The van der Waals surface area contributed by atoms with Crippen LogP contribution in [-0.2, 0) is 11.3 Å². The van der Waals surface area contributed by atoms with Gasteiger partial charge in [-0.1, -0.05) is 12.1 Å². The molecule has 0 unspecified atom stereocenters. The van der Waals surface area contributed by atoms with Crippen molar-refractivity contribution >= 4 is 5.91 Å². The van der Waals surface area contributed by atoms with Crippen molar-refractivity contribution in [1.82, 2.24) is 15.1 Å². The van der Waals surface area contributed by atoms with Crippen LogP contribution in [0.5, 0.6) is 5.75 Å². The number of ether oxygens (including phenoxy) is 1. The molecule has 2 aliphatic rings. The van der Waals surface area contributed by atoms with Crippen molar-refractivity contribution in [2.75, 3.05) is 40.3 Å². The van der Waals surface area contributed by atoms with Gasteiger partial charge in [-0.15, -0.1) is 0 Å². The normalized spacial score (nSPS) is 22.9. The molecule has 1 atom stereocenters. The molecule has 3 rings (SSSR count). The number of amides is 1. The van der Waals surface area contributed by atoms with Crippen LogP contribution in [0.25, 0.3) is 0 Å². The number of carbonyl (C=O) groups excluding carboxylic acids is 1. The Balaban J connectivity index is 1.66. The largest absolute Gasteiger partial charge is 0.497 e. The minimum Gasteiger partial charge on any atom is -0.497 e. The first-order valence-corrected chi connectivity index (χ1v) is 9.39. The molecule has 2 aliphatic heterocycles. The summed E-state index contributed by atoms with van der Waals surface area (Å²) < 4.78 is 5.21. The molecule has 138 valence electrons. The fraction of sp³-hybridized carbons (Fsp3) is 0.650. The third-order valence-corrected chi connectivity index (χ3v) is 5.92. The van der Waals surface area contributed by atoms with E-state index in [9.17, 15) is 4.79 Å². The molecular weight excluding hydrogens is 314 g/mol. The molecule has 0 radical (unpaired) electrons. The van der Waals surface area contributed by atoms with Crippen molar-refractivity contribution in [2.24, 2.45) is 5.41 Å². The van der Waals surface area contributed by atoms with Gasteiger partial charge in [0.15, 0.2) is 0 Å². The van der Waals surface area contributed by atoms with E-state index in [1.807, 2.05) is 29.2 Å². The van der Waals surface area contributed by atoms with Crippen LogP contribution in [0.4, 0.5) is 0 Å². The molecule has 5 nitrogen and oxygen atoms in total. The standard InChI is InChI=1S/C20H31N3O2/c1-4-23(14-16-5-7-17(25-3)8-6-16)19(24)18-13-20(15-22(18)2)9-11-21-12-10-20/h5-8,18,21H,4,9-15H2,1-3H3/t18-/m1/s1. The Morgan fingerprint density at radius 1 is 1.32 bits per heavy atom. The number of likely N-dealkylation sites (N-methyl/N-ethyl adjacent to an activating group) is 2. The van der Waals surface area contributed by atoms with Crippen LogP contribution < -0.4 is 10.1 Å². The number of nitrogens with one attached hydrogen (secondary N) is 1. The van der Waals surface area contributed by atoms with E-state index in [0.29, 0.717) is 12.0 Å². The zero-order valence-electron chi connectivity index (χ0n) is 15.8. The maximum absolute atomic E-state index is 13.2. The number of rotatable bonds is 5. The van der Waals surface area contributed by atoms with Gasteiger partial charge in [-0.2, -0.15) is 0 Å². The number of piperidine rings is 1. The Morgan fingerprint density at radius 2 is 2.00 bits per heavy atom. The minimum absolute atomic E-state index is 0.0244. The number of benzene rings is 1. The fourth-order valence-corrected chi connectivity index (χ4v) is 4.37. The molecule has 5 heteroatoms. The summed E-state index contributed by atoms with van der Waals surface area (Å²) in [5.41, 5.74) is 1.48. The summed E-state index contributed by atoms with van der Waals surface area (Å²) in [6, 6.07) is 8.03. The number of likely N-dealkylation sites (tertiary alicyclic amines) is 1. The van der Waals surface area contributed by atoms with Crippen molar-refractivity contribution in [3.63, 3.8) is 0 Å². The van der Waals surface area contributed by atoms with Crippen molar-refractivity contribution in [3.05, 3.63) is 29.8 Å². The van der Waals surface area contributed by atoms with Crippen LogP contribution in [0.3, 0.4) is 0 Å². The summed E-state index contributed by atoms with van der Waals surface area (Å²) in [7, 11) is 3.78. The van der Waals surface area contributed by atoms with Crippen LogP contribution in [-0.4, -0.2) is 62.1 Å². The van der Waals surface area contributed by atoms with Crippen LogP contribution in [0.15, 0.2) is 24.3 Å². The highest BCUT2D eigenvalue weighted by atomic mass is 16.5. The van der Waals surface area contributed by atoms with Crippen molar-refractivity contribution in [3.8, 4) is 5.75 Å². The molecule has 2 fully saturated rings. The Bertz CT molecular complexity index is 581. The molecule has 1 N–H and O–H groups in total. The molecule has 0 aliphatic carbocycles. The maximum Gasteiger partial charge on any atom is 0.240 e. The molecule has 0 aromatic heterocycles. The van der Waals surface area contributed by atoms with Crippen molar-refractivity contribution in [2.45, 2.75) is 38.8 Å². The minimum atomic E-state index is 0.0244. The van der Waals surface area contributed by atoms with E-state index in [1.54, 1.807) is 7.11 Å². The van der Waals surface area contributed by atoms with Crippen molar-refractivity contribution in [1.29, 1.82) is 0 Å². The molecule has 1 aromatic rings. The number of hydrogen-bond acceptors (Lipinski definition) is 4. The van der Waals surface area contributed by atoms with Crippen molar-refractivity contribution < 1.29 is 9.53 Å². The van der Waals surface area contributed by atoms with Gasteiger partial charge >= 0.3 is 0 Å². The highest BCUT2D eigenvalue weighted by Gasteiger charge is 2.46. The molecule has 0 bridgehead atoms. The number of hydrogen-bond donors (Lipinski definition) is 1. The maximum atomic E-state index is 13.2. The molecule has 2 saturated heterocycles. The van der Waals surface area contributed by atoms with Gasteiger partial charge < -0.3 is 15.0 Å². The first-order chi connectivity index (χ1) is 12.1. The molecule has 0 saturated carbocycles. The zero-order valence-corrected chi connectivity index (χ0v) is 15.8. The Morgan fingerprint density at radius 3 is 2.60 bits per heavy atom. The number of methoxy groups -OCH3 is 1. The van der Waals surface area contributed by atoms with Crippen LogP contribution in [0.2, 0.25) is 0 Å². The van der Waals surface area contributed by atoms with Gasteiger partial charge in [0, 0.05) is 19.6 Å². The highest BCUT2D eigenvalue weighted by molar-refractivity contribution is 5.82. The van der Waals surface area contributed by atoms with E-state index in [0.717, 1.165) is 43.9 Å². The zero-order chi connectivity index (χ0) is 17.9. The van der Waals surface area contributed by atoms with Gasteiger partial charge in [0.2, 0.25) is 5.91 Å². The second kappa shape index (κ2) is 7.75. The lowest BCUT2D eigenvalue weighted by atomic mass is 9.77. The second-order valence-corrected chi connectivity index (χ2v) is 7.59. The molecule has 25 heavy (non-hydrogen) atoms. The Kier molecular flexibility index (Phi) is 5.64. The van der Waals surface area contributed by atoms with E-state index < -0.39 is 0 Å². The topological polar surface area (TPSA) is 44.8 Å². The SMILES string of the molecule is CCN(Cc1ccc(OC)cc1)C(=O)[C@H]1CC2(CCNCC2)CN1C. The van der Waals surface area contributed by atoms with Gasteiger partial charge in [-0.05, 0) is 69.4 Å². The summed E-state index contributed by atoms with van der Waals surface area (Å²) in [6.07, 6.45) is 3.38. The Hall–Kier alpha value is -1.59. The summed E-state index contributed by atoms with van der Waals surface area (Å²) in [6.45, 7) is 6.68. The van der Waals surface area contributed by atoms with E-state index in [4.69, 9.17) is 4.74 Å². The smallest absolute Gasteiger partial charge is 0.240 e. The summed E-state index contributed by atoms with van der Waals surface area (Å²) in [5.74, 6) is 1.12. The summed E-state index contributed by atoms with van der Waals surface area (Å²) >= 11 is 0. The van der Waals surface area contributed by atoms with E-state index >= 15 is 0 Å². The lowest BCUT2D eigenvalue weighted by Gasteiger charge is -2.33. The van der Waals surface area contributed by atoms with Gasteiger partial charge in [0.05, 0.1) is 13.2 Å². The van der Waals surface area contributed by atoms with Crippen LogP contribution in [0, 0.1) is 5.41 Å². The first-order valence-electron chi connectivity index (χ1n) is 9.39. The van der Waals surface area contributed by atoms with Crippen LogP contribution >= 0.6 is 0 Å². The highest BCUT2D eigenvalue weighted by Crippen LogP contribution is 2.41. The molecule has 2 heterocycles. The van der Waals surface area contributed by atoms with E-state index in [-0.39, 0.29) is 11.9 Å². The average molecular weight is 345 g/mol. The first kappa shape index (κ1) is 18.2. The molecular formula is C20H31N3O2. The number of carbonyl (C=O) groups is 1. The summed E-state index contributed by atoms with van der Waals surface area (Å²) in [4.78, 5) is 17.5. The number of nitrogens with zero attached hydrogens (tertiary/aromatic N) is 2. The van der Waals surface area contributed by atoms with E-state index in [1.165, 1.54) is 12.8 Å². The Labute approximate surface area is 151 Å². The van der Waals surface area contributed by atoms with Gasteiger partial charge in [-0.25, -0.2) is 0 Å². The molecule has 1 spiro atoms. The average Bonchev–Trinajstić information content (AvgIpc) is 2.95. The lowest BCUT2D eigenvalue weighted by Crippen LogP contribution is -2.43. The second-order valence-electron chi connectivity index (χ2n) is 7.59. The molecule has 1 aromatic carbocycles. The molecule has 1 amide bonds. The van der Waals surface area contributed by atoms with Gasteiger partial charge in [0.1, 0.15) is 5.75 Å². The lowest BCUT2D eigenvalue weighted by molar-refractivity contribution is -0.136. The van der Waals surface area contributed by atoms with E-state index in [2.05, 4.69) is 24.2 Å². The predicted molar refractivity (Wildman–Crippen MR) is 99.7 cm³/mol. The third kappa shape index (κ3) is 3.98. The van der Waals surface area contributed by atoms with Crippen LogP contribution in [0.1, 0.15) is 31.7 Å². The quantitative estimate of drug-likeness (QED) is 0.888. The fourth-order valence-electron chi connectivity index (χ4n) is 4.37. The monoisotopic (exact) mass is 345 g/mol. The van der Waals surface area contributed by atoms with Gasteiger partial charge in [0.25, 0.3) is 0 Å². The summed E-state index contributed by atoms with van der Waals surface area (Å²) in [5, 5.41) is 3.45. The van der Waals surface area contributed by atoms with Gasteiger partial charge in [-0.3, -0.25) is 9.69 Å².